The fourth-order valence-corrected chi connectivity index (χ4v) is 0. The highest BCUT2D eigenvalue weighted by atomic mass is 28.1. The quantitative estimate of drug-likeness (QED) is 0.484. The molecule has 0 atom stereocenters. The van der Waals surface area contributed by atoms with Crippen molar-refractivity contribution < 1.29 is 15.3 Å². The van der Waals surface area contributed by atoms with Crippen molar-refractivity contribution in [3.05, 3.63) is 0 Å². The Bertz CT molecular complexity index is 43.4. The molecule has 0 aromatic carbocycles. The van der Waals surface area contributed by atoms with Crippen LogP contribution in [-0.4, -0.2) is 44.6 Å². The van der Waals surface area contributed by atoms with Gasteiger partial charge in [0, 0.05) is 18.3 Å². The Morgan fingerprint density at radius 1 is 0.538 bits per heavy atom. The highest BCUT2D eigenvalue weighted by Gasteiger charge is 1.70. The van der Waals surface area contributed by atoms with E-state index in [1.165, 1.54) is 0 Å². The Balaban J connectivity index is -0.0000000450. The van der Waals surface area contributed by atoms with Crippen LogP contribution >= 0.6 is 0 Å². The summed E-state index contributed by atoms with van der Waals surface area (Å²) in [6.07, 6.45) is -0.500. The van der Waals surface area contributed by atoms with E-state index >= 15 is 0 Å². The van der Waals surface area contributed by atoms with Crippen LogP contribution in [0.2, 0.25) is 0 Å². The monoisotopic (exact) mass is 212 g/mol. The van der Waals surface area contributed by atoms with E-state index in [-0.39, 0.29) is 29.3 Å². The predicted octanol–water partition coefficient (Wildman–Crippen LogP) is -0.290. The van der Waals surface area contributed by atoms with Crippen molar-refractivity contribution in [2.24, 2.45) is 0 Å². The first-order valence-electron chi connectivity index (χ1n) is 4.24. The fourth-order valence-electron chi connectivity index (χ4n) is 0. The van der Waals surface area contributed by atoms with Gasteiger partial charge >= 0.3 is 0 Å². The lowest BCUT2D eigenvalue weighted by atomic mass is 10.5. The van der Waals surface area contributed by atoms with Crippen LogP contribution in [0.3, 0.4) is 0 Å². The van der Waals surface area contributed by atoms with Gasteiger partial charge in [-0.15, -0.1) is 0 Å². The standard InChI is InChI=1S/3C3H8O.H4Si/c3*1-3(2)4;/h3*3-4H,1-2H3;1H4. The van der Waals surface area contributed by atoms with Gasteiger partial charge in [-0.1, -0.05) is 0 Å². The molecule has 0 spiro atoms. The summed E-state index contributed by atoms with van der Waals surface area (Å²) in [7, 11) is 0. The maximum absolute atomic E-state index is 8.06. The lowest BCUT2D eigenvalue weighted by molar-refractivity contribution is 0.215. The smallest absolute Gasteiger partial charge is 0.0483 e. The van der Waals surface area contributed by atoms with Gasteiger partial charge in [0.1, 0.15) is 0 Å². The minimum atomic E-state index is -0.167. The van der Waals surface area contributed by atoms with Gasteiger partial charge in [0.2, 0.25) is 0 Å². The molecule has 0 aromatic rings. The summed E-state index contributed by atoms with van der Waals surface area (Å²) < 4.78 is 0. The van der Waals surface area contributed by atoms with E-state index in [1.807, 2.05) is 0 Å². The van der Waals surface area contributed by atoms with E-state index < -0.39 is 0 Å². The van der Waals surface area contributed by atoms with E-state index in [1.54, 1.807) is 41.5 Å². The Morgan fingerprint density at radius 3 is 0.538 bits per heavy atom. The summed E-state index contributed by atoms with van der Waals surface area (Å²) >= 11 is 0. The zero-order valence-electron chi connectivity index (χ0n) is 9.07. The summed E-state index contributed by atoms with van der Waals surface area (Å²) in [6, 6.07) is 0. The summed E-state index contributed by atoms with van der Waals surface area (Å²) in [5.41, 5.74) is 0. The molecule has 3 N–H and O–H groups in total. The number of hydrogen-bond donors (Lipinski definition) is 3. The third kappa shape index (κ3) is 131000. The van der Waals surface area contributed by atoms with Crippen LogP contribution in [0.4, 0.5) is 0 Å². The third-order valence-corrected chi connectivity index (χ3v) is 0. The number of hydrogen-bond acceptors (Lipinski definition) is 3. The highest BCUT2D eigenvalue weighted by molar-refractivity contribution is 5.75. The molecule has 3 nitrogen and oxygen atoms in total. The van der Waals surface area contributed by atoms with Gasteiger partial charge in [-0.05, 0) is 52.5 Å². The maximum atomic E-state index is 8.06. The van der Waals surface area contributed by atoms with E-state index in [0.29, 0.717) is 0 Å². The van der Waals surface area contributed by atoms with Crippen molar-refractivity contribution >= 4 is 11.0 Å². The topological polar surface area (TPSA) is 60.7 Å². The largest absolute Gasteiger partial charge is 0.394 e. The van der Waals surface area contributed by atoms with Crippen LogP contribution in [-0.2, 0) is 0 Å². The molecule has 0 heterocycles. The van der Waals surface area contributed by atoms with Gasteiger partial charge in [0.25, 0.3) is 0 Å². The summed E-state index contributed by atoms with van der Waals surface area (Å²) in [6.45, 7) is 10.3. The Labute approximate surface area is 86.8 Å². The Morgan fingerprint density at radius 2 is 0.538 bits per heavy atom. The number of rotatable bonds is 0. The molecule has 0 aliphatic carbocycles. The van der Waals surface area contributed by atoms with Crippen LogP contribution < -0.4 is 0 Å². The molecule has 0 fully saturated rings. The van der Waals surface area contributed by atoms with Crippen molar-refractivity contribution in [2.45, 2.75) is 59.9 Å². The number of aliphatic hydroxyl groups is 3. The molecular weight excluding hydrogens is 184 g/mol. The van der Waals surface area contributed by atoms with E-state index in [9.17, 15) is 0 Å². The van der Waals surface area contributed by atoms with Gasteiger partial charge < -0.3 is 15.3 Å². The molecule has 4 heteroatoms. The average Bonchev–Trinajstić information content (AvgIpc) is 1.54. The lowest BCUT2D eigenvalue weighted by Crippen LogP contribution is -1.85. The minimum Gasteiger partial charge on any atom is -0.394 e. The van der Waals surface area contributed by atoms with Gasteiger partial charge in [0.15, 0.2) is 0 Å². The van der Waals surface area contributed by atoms with Crippen molar-refractivity contribution in [2.75, 3.05) is 0 Å². The first kappa shape index (κ1) is 23.2. The van der Waals surface area contributed by atoms with Gasteiger partial charge in [0.05, 0.1) is 0 Å². The summed E-state index contributed by atoms with van der Waals surface area (Å²) in [5.74, 6) is 0. The zero-order valence-corrected chi connectivity index (χ0v) is 9.07. The molecule has 13 heavy (non-hydrogen) atoms. The van der Waals surface area contributed by atoms with E-state index in [2.05, 4.69) is 0 Å². The first-order valence-corrected chi connectivity index (χ1v) is 4.24. The van der Waals surface area contributed by atoms with Gasteiger partial charge in [-0.25, -0.2) is 0 Å². The zero-order chi connectivity index (χ0) is 10.7. The minimum absolute atomic E-state index is 0. The second kappa shape index (κ2) is 18.0. The molecule has 0 rings (SSSR count). The van der Waals surface area contributed by atoms with Crippen molar-refractivity contribution in [3.63, 3.8) is 0 Å². The third-order valence-electron chi connectivity index (χ3n) is 0. The highest BCUT2D eigenvalue weighted by Crippen LogP contribution is 1.65. The molecule has 0 radical (unpaired) electrons. The van der Waals surface area contributed by atoms with Gasteiger partial charge in [-0.3, -0.25) is 0 Å². The molecule has 0 bridgehead atoms. The molecule has 0 amide bonds. The molecular formula is C9H28O3Si. The molecule has 0 aliphatic rings. The lowest BCUT2D eigenvalue weighted by Gasteiger charge is -1.80. The summed E-state index contributed by atoms with van der Waals surface area (Å²) in [4.78, 5) is 0. The normalized spacial score (nSPS) is 8.31. The fraction of sp³-hybridized carbons (Fsp3) is 1.00. The Kier molecular flexibility index (Phi) is 32.1. The van der Waals surface area contributed by atoms with Crippen molar-refractivity contribution in [1.29, 1.82) is 0 Å². The van der Waals surface area contributed by atoms with Crippen molar-refractivity contribution in [3.8, 4) is 0 Å². The molecule has 0 saturated heterocycles. The SMILES string of the molecule is CC(C)O.CC(C)O.CC(C)O.[SiH4]. The molecule has 0 saturated carbocycles. The van der Waals surface area contributed by atoms with Crippen LogP contribution in [0, 0.1) is 0 Å². The summed E-state index contributed by atoms with van der Waals surface area (Å²) in [5, 5.41) is 24.2. The van der Waals surface area contributed by atoms with E-state index in [4.69, 9.17) is 15.3 Å². The predicted molar refractivity (Wildman–Crippen MR) is 63.4 cm³/mol. The number of aliphatic hydroxyl groups excluding tert-OH is 3. The molecule has 0 unspecified atom stereocenters. The van der Waals surface area contributed by atoms with Crippen molar-refractivity contribution in [1.82, 2.24) is 0 Å². The molecule has 86 valence electrons. The maximum Gasteiger partial charge on any atom is 0.0483 e. The van der Waals surface area contributed by atoms with Crippen LogP contribution in [0.25, 0.3) is 0 Å². The average molecular weight is 212 g/mol. The molecule has 0 aromatic heterocycles. The van der Waals surface area contributed by atoms with Gasteiger partial charge in [-0.2, -0.15) is 0 Å². The van der Waals surface area contributed by atoms with Crippen LogP contribution in [0.1, 0.15) is 41.5 Å². The Hall–Kier alpha value is 0.0969. The van der Waals surface area contributed by atoms with E-state index in [0.717, 1.165) is 0 Å². The van der Waals surface area contributed by atoms with Crippen LogP contribution in [0.5, 0.6) is 0 Å². The second-order valence-corrected chi connectivity index (χ2v) is 3.28. The first-order chi connectivity index (χ1) is 5.20. The van der Waals surface area contributed by atoms with Crippen LogP contribution in [0.15, 0.2) is 0 Å². The molecule has 0 aliphatic heterocycles. The second-order valence-electron chi connectivity index (χ2n) is 3.28.